The summed E-state index contributed by atoms with van der Waals surface area (Å²) in [5, 5.41) is 10.4. The molecule has 0 aromatic heterocycles. The minimum atomic E-state index is -0.325. The summed E-state index contributed by atoms with van der Waals surface area (Å²) in [6.07, 6.45) is 14.1. The van der Waals surface area contributed by atoms with Crippen molar-refractivity contribution in [2.45, 2.75) is 103 Å². The molecule has 1 aliphatic rings. The molecular formula is C18H35NO2. The van der Waals surface area contributed by atoms with Gasteiger partial charge >= 0.3 is 0 Å². The largest absolute Gasteiger partial charge is 0.391 e. The zero-order valence-electron chi connectivity index (χ0n) is 14.1. The van der Waals surface area contributed by atoms with Crippen LogP contribution >= 0.6 is 0 Å². The first kappa shape index (κ1) is 18.5. The molecule has 0 bridgehead atoms. The highest BCUT2D eigenvalue weighted by Crippen LogP contribution is 2.23. The molecule has 2 unspecified atom stereocenters. The van der Waals surface area contributed by atoms with Gasteiger partial charge in [-0.3, -0.25) is 4.79 Å². The van der Waals surface area contributed by atoms with Crippen LogP contribution in [0, 0.1) is 0 Å². The van der Waals surface area contributed by atoms with Gasteiger partial charge in [0.15, 0.2) is 0 Å². The van der Waals surface area contributed by atoms with Gasteiger partial charge in [0.1, 0.15) is 0 Å². The second kappa shape index (κ2) is 11.1. The Morgan fingerprint density at radius 1 is 1.10 bits per heavy atom. The minimum absolute atomic E-state index is 0.0702. The monoisotopic (exact) mass is 297 g/mol. The van der Waals surface area contributed by atoms with Crippen molar-refractivity contribution in [3.8, 4) is 0 Å². The maximum atomic E-state index is 11.6. The number of nitrogens with zero attached hydrogens (tertiary/aromatic N) is 1. The van der Waals surface area contributed by atoms with E-state index in [1.165, 1.54) is 44.9 Å². The summed E-state index contributed by atoms with van der Waals surface area (Å²) in [6, 6.07) is 0.0702. The van der Waals surface area contributed by atoms with E-state index in [0.29, 0.717) is 0 Å². The van der Waals surface area contributed by atoms with Crippen LogP contribution in [0.15, 0.2) is 0 Å². The number of aliphatic hydroxyl groups is 1. The van der Waals surface area contributed by atoms with Crippen molar-refractivity contribution in [2.75, 3.05) is 6.54 Å². The van der Waals surface area contributed by atoms with Crippen molar-refractivity contribution >= 4 is 5.91 Å². The summed E-state index contributed by atoms with van der Waals surface area (Å²) in [5.74, 6) is 0.120. The molecular weight excluding hydrogens is 262 g/mol. The van der Waals surface area contributed by atoms with Crippen LogP contribution < -0.4 is 0 Å². The summed E-state index contributed by atoms with van der Waals surface area (Å²) >= 11 is 0. The minimum Gasteiger partial charge on any atom is -0.391 e. The molecule has 0 aliphatic carbocycles. The van der Waals surface area contributed by atoms with Crippen LogP contribution in [0.1, 0.15) is 90.9 Å². The van der Waals surface area contributed by atoms with Gasteiger partial charge in [-0.2, -0.15) is 0 Å². The van der Waals surface area contributed by atoms with Crippen LogP contribution in [0.5, 0.6) is 0 Å². The Hall–Kier alpha value is -0.570. The second-order valence-corrected chi connectivity index (χ2v) is 6.61. The molecule has 1 fully saturated rings. The number of aliphatic hydroxyl groups excluding tert-OH is 1. The van der Waals surface area contributed by atoms with Crippen LogP contribution in [0.3, 0.4) is 0 Å². The van der Waals surface area contributed by atoms with E-state index >= 15 is 0 Å². The Bertz CT molecular complexity index is 280. The Morgan fingerprint density at radius 2 is 1.71 bits per heavy atom. The molecule has 0 saturated carbocycles. The lowest BCUT2D eigenvalue weighted by Gasteiger charge is -2.38. The number of hydrogen-bond acceptors (Lipinski definition) is 2. The standard InChI is InChI=1S/C18H35NO2/c1-3-4-5-6-7-8-9-10-14-18(21)17-13-11-12-15-19(17)16(2)20/h17-18,21H,3-15H2,1-2H3. The van der Waals surface area contributed by atoms with Gasteiger partial charge in [-0.25, -0.2) is 0 Å². The summed E-state index contributed by atoms with van der Waals surface area (Å²) < 4.78 is 0. The fourth-order valence-electron chi connectivity index (χ4n) is 3.43. The van der Waals surface area contributed by atoms with Gasteiger partial charge in [-0.1, -0.05) is 58.3 Å². The molecule has 21 heavy (non-hydrogen) atoms. The molecule has 3 heteroatoms. The highest BCUT2D eigenvalue weighted by atomic mass is 16.3. The lowest BCUT2D eigenvalue weighted by Crippen LogP contribution is -2.48. The third-order valence-electron chi connectivity index (χ3n) is 4.75. The van der Waals surface area contributed by atoms with Gasteiger partial charge in [0.25, 0.3) is 0 Å². The number of carbonyl (C=O) groups is 1. The molecule has 1 saturated heterocycles. The van der Waals surface area contributed by atoms with Crippen molar-refractivity contribution in [3.63, 3.8) is 0 Å². The number of rotatable bonds is 10. The molecule has 0 radical (unpaired) electrons. The molecule has 0 aromatic carbocycles. The maximum absolute atomic E-state index is 11.6. The Kier molecular flexibility index (Phi) is 9.73. The molecule has 3 nitrogen and oxygen atoms in total. The predicted octanol–water partition coefficient (Wildman–Crippen LogP) is 4.28. The SMILES string of the molecule is CCCCCCCCCCC(O)C1CCCCN1C(C)=O. The third-order valence-corrected chi connectivity index (χ3v) is 4.75. The van der Waals surface area contributed by atoms with Crippen LogP contribution in [-0.4, -0.2) is 34.6 Å². The first-order chi connectivity index (χ1) is 10.2. The van der Waals surface area contributed by atoms with Gasteiger partial charge in [0, 0.05) is 13.5 Å². The molecule has 2 atom stereocenters. The van der Waals surface area contributed by atoms with E-state index in [2.05, 4.69) is 6.92 Å². The summed E-state index contributed by atoms with van der Waals surface area (Å²) in [6.45, 7) is 4.70. The quantitative estimate of drug-likeness (QED) is 0.611. The van der Waals surface area contributed by atoms with Crippen molar-refractivity contribution in [1.29, 1.82) is 0 Å². The lowest BCUT2D eigenvalue weighted by molar-refractivity contribution is -0.135. The van der Waals surface area contributed by atoms with E-state index in [1.807, 2.05) is 4.90 Å². The van der Waals surface area contributed by atoms with Crippen molar-refractivity contribution < 1.29 is 9.90 Å². The molecule has 1 N–H and O–H groups in total. The topological polar surface area (TPSA) is 40.5 Å². The van der Waals surface area contributed by atoms with E-state index in [0.717, 1.165) is 38.6 Å². The zero-order valence-corrected chi connectivity index (χ0v) is 14.1. The molecule has 0 aromatic rings. The van der Waals surface area contributed by atoms with E-state index < -0.39 is 0 Å². The molecule has 1 heterocycles. The fraction of sp³-hybridized carbons (Fsp3) is 0.944. The molecule has 1 rings (SSSR count). The summed E-state index contributed by atoms with van der Waals surface area (Å²) in [4.78, 5) is 13.5. The number of likely N-dealkylation sites (tertiary alicyclic amines) is 1. The van der Waals surface area contributed by atoms with Crippen LogP contribution in [0.4, 0.5) is 0 Å². The maximum Gasteiger partial charge on any atom is 0.219 e. The smallest absolute Gasteiger partial charge is 0.219 e. The molecule has 1 aliphatic heterocycles. The van der Waals surface area contributed by atoms with Gasteiger partial charge < -0.3 is 10.0 Å². The number of hydrogen-bond donors (Lipinski definition) is 1. The third kappa shape index (κ3) is 7.30. The highest BCUT2D eigenvalue weighted by molar-refractivity contribution is 5.73. The number of carbonyl (C=O) groups excluding carboxylic acids is 1. The van der Waals surface area contributed by atoms with E-state index in [9.17, 15) is 9.90 Å². The fourth-order valence-corrected chi connectivity index (χ4v) is 3.43. The number of piperidine rings is 1. The molecule has 124 valence electrons. The zero-order chi connectivity index (χ0) is 15.5. The van der Waals surface area contributed by atoms with E-state index in [-0.39, 0.29) is 18.1 Å². The first-order valence-electron chi connectivity index (χ1n) is 9.12. The average molecular weight is 297 g/mol. The van der Waals surface area contributed by atoms with Crippen molar-refractivity contribution in [1.82, 2.24) is 4.90 Å². The number of amides is 1. The van der Waals surface area contributed by atoms with Gasteiger partial charge in [-0.05, 0) is 25.7 Å². The van der Waals surface area contributed by atoms with Crippen LogP contribution in [0.25, 0.3) is 0 Å². The Morgan fingerprint density at radius 3 is 2.33 bits per heavy atom. The van der Waals surface area contributed by atoms with E-state index in [4.69, 9.17) is 0 Å². The Labute approximate surface area is 131 Å². The summed E-state index contributed by atoms with van der Waals surface area (Å²) in [5.41, 5.74) is 0. The number of unbranched alkanes of at least 4 members (excludes halogenated alkanes) is 7. The lowest BCUT2D eigenvalue weighted by atomic mass is 9.93. The summed E-state index contributed by atoms with van der Waals surface area (Å²) in [7, 11) is 0. The Balaban J connectivity index is 2.11. The van der Waals surface area contributed by atoms with Crippen molar-refractivity contribution in [3.05, 3.63) is 0 Å². The van der Waals surface area contributed by atoms with Crippen LogP contribution in [0.2, 0.25) is 0 Å². The predicted molar refractivity (Wildman–Crippen MR) is 88.3 cm³/mol. The van der Waals surface area contributed by atoms with Gasteiger partial charge in [0.2, 0.25) is 5.91 Å². The first-order valence-corrected chi connectivity index (χ1v) is 9.12. The average Bonchev–Trinajstić information content (AvgIpc) is 2.49. The van der Waals surface area contributed by atoms with Crippen molar-refractivity contribution in [2.24, 2.45) is 0 Å². The van der Waals surface area contributed by atoms with Gasteiger partial charge in [-0.15, -0.1) is 0 Å². The van der Waals surface area contributed by atoms with Gasteiger partial charge in [0.05, 0.1) is 12.1 Å². The van der Waals surface area contributed by atoms with E-state index in [1.54, 1.807) is 6.92 Å². The van der Waals surface area contributed by atoms with Crippen LogP contribution in [-0.2, 0) is 4.79 Å². The molecule has 1 amide bonds. The highest BCUT2D eigenvalue weighted by Gasteiger charge is 2.29. The second-order valence-electron chi connectivity index (χ2n) is 6.61. The molecule has 0 spiro atoms. The normalized spacial score (nSPS) is 20.5.